The van der Waals surface area contributed by atoms with Gasteiger partial charge >= 0.3 is 6.03 Å². The Kier molecular flexibility index (Phi) is 8.72. The lowest BCUT2D eigenvalue weighted by Crippen LogP contribution is -2.52. The van der Waals surface area contributed by atoms with Crippen molar-refractivity contribution in [1.29, 1.82) is 0 Å². The number of benzene rings is 1. The Bertz CT molecular complexity index is 547. The van der Waals surface area contributed by atoms with Gasteiger partial charge in [-0.1, -0.05) is 38.5 Å². The van der Waals surface area contributed by atoms with Crippen LogP contribution in [0.4, 0.5) is 10.5 Å². The molecule has 25 heavy (non-hydrogen) atoms. The third-order valence-corrected chi connectivity index (χ3v) is 4.72. The van der Waals surface area contributed by atoms with E-state index < -0.39 is 6.04 Å². The average molecular weight is 369 g/mol. The standard InChI is InChI=1S/C18H28N4O2.ClH/c1-3-13(2)16(19)17(23)22-11-9-15(10-12-22)21-18(24)20-14-7-5-4-6-8-14;/h4-8,13,15-16H,3,9-12,19H2,1-2H3,(H2,20,21,24);1H. The van der Waals surface area contributed by atoms with E-state index >= 15 is 0 Å². The van der Waals surface area contributed by atoms with Crippen LogP contribution >= 0.6 is 12.4 Å². The maximum Gasteiger partial charge on any atom is 0.319 e. The van der Waals surface area contributed by atoms with Crippen LogP contribution in [0.15, 0.2) is 30.3 Å². The van der Waals surface area contributed by atoms with Gasteiger partial charge in [0.15, 0.2) is 0 Å². The summed E-state index contributed by atoms with van der Waals surface area (Å²) in [7, 11) is 0. The normalized spacial score (nSPS) is 17.2. The second-order valence-electron chi connectivity index (χ2n) is 6.48. The van der Waals surface area contributed by atoms with Gasteiger partial charge in [-0.25, -0.2) is 4.79 Å². The maximum absolute atomic E-state index is 12.4. The first-order valence-electron chi connectivity index (χ1n) is 8.68. The van der Waals surface area contributed by atoms with Crippen molar-refractivity contribution in [2.45, 2.75) is 45.2 Å². The van der Waals surface area contributed by atoms with Crippen molar-refractivity contribution in [3.63, 3.8) is 0 Å². The van der Waals surface area contributed by atoms with E-state index in [9.17, 15) is 9.59 Å². The summed E-state index contributed by atoms with van der Waals surface area (Å²) in [5, 5.41) is 5.78. The van der Waals surface area contributed by atoms with E-state index in [-0.39, 0.29) is 36.3 Å². The molecule has 1 aliphatic heterocycles. The zero-order valence-corrected chi connectivity index (χ0v) is 15.7. The molecule has 2 unspecified atom stereocenters. The number of carbonyl (C=O) groups excluding carboxylic acids is 2. The van der Waals surface area contributed by atoms with Crippen molar-refractivity contribution >= 4 is 30.0 Å². The number of hydrogen-bond acceptors (Lipinski definition) is 3. The number of anilines is 1. The SMILES string of the molecule is CCC(C)C(N)C(=O)N1CCC(NC(=O)Nc2ccccc2)CC1.Cl. The van der Waals surface area contributed by atoms with Crippen molar-refractivity contribution in [1.82, 2.24) is 10.2 Å². The quantitative estimate of drug-likeness (QED) is 0.746. The highest BCUT2D eigenvalue weighted by atomic mass is 35.5. The summed E-state index contributed by atoms with van der Waals surface area (Å²) in [6.45, 7) is 5.32. The molecule has 1 fully saturated rings. The van der Waals surface area contributed by atoms with Crippen LogP contribution in [-0.4, -0.2) is 42.0 Å². The number of halogens is 1. The number of piperidine rings is 1. The van der Waals surface area contributed by atoms with E-state index in [1.165, 1.54) is 0 Å². The highest BCUT2D eigenvalue weighted by molar-refractivity contribution is 5.89. The highest BCUT2D eigenvalue weighted by Gasteiger charge is 2.29. The van der Waals surface area contributed by atoms with Crippen molar-refractivity contribution in [2.75, 3.05) is 18.4 Å². The van der Waals surface area contributed by atoms with E-state index in [0.29, 0.717) is 13.1 Å². The van der Waals surface area contributed by atoms with Gasteiger partial charge < -0.3 is 21.3 Å². The number of carbonyl (C=O) groups is 2. The molecule has 2 atom stereocenters. The Balaban J connectivity index is 0.00000312. The van der Waals surface area contributed by atoms with E-state index in [1.807, 2.05) is 49.1 Å². The molecule has 1 aromatic carbocycles. The lowest BCUT2D eigenvalue weighted by molar-refractivity contribution is -0.134. The van der Waals surface area contributed by atoms with Gasteiger partial charge in [-0.15, -0.1) is 12.4 Å². The summed E-state index contributed by atoms with van der Waals surface area (Å²) >= 11 is 0. The fourth-order valence-electron chi connectivity index (χ4n) is 2.83. The first-order chi connectivity index (χ1) is 11.5. The third kappa shape index (κ3) is 6.21. The van der Waals surface area contributed by atoms with Crippen LogP contribution in [0.3, 0.4) is 0 Å². The lowest BCUT2D eigenvalue weighted by atomic mass is 9.97. The maximum atomic E-state index is 12.4. The Morgan fingerprint density at radius 1 is 1.24 bits per heavy atom. The van der Waals surface area contributed by atoms with E-state index in [2.05, 4.69) is 10.6 Å². The van der Waals surface area contributed by atoms with Gasteiger partial charge in [0.1, 0.15) is 0 Å². The number of rotatable bonds is 5. The lowest BCUT2D eigenvalue weighted by Gasteiger charge is -2.34. The van der Waals surface area contributed by atoms with E-state index in [4.69, 9.17) is 5.73 Å². The largest absolute Gasteiger partial charge is 0.341 e. The highest BCUT2D eigenvalue weighted by Crippen LogP contribution is 2.15. The van der Waals surface area contributed by atoms with Crippen LogP contribution in [0.1, 0.15) is 33.1 Å². The van der Waals surface area contributed by atoms with Crippen LogP contribution in [0.2, 0.25) is 0 Å². The number of nitrogens with zero attached hydrogens (tertiary/aromatic N) is 1. The van der Waals surface area contributed by atoms with Crippen LogP contribution < -0.4 is 16.4 Å². The molecule has 2 rings (SSSR count). The summed E-state index contributed by atoms with van der Waals surface area (Å²) in [5.74, 6) is 0.210. The average Bonchev–Trinajstić information content (AvgIpc) is 2.61. The number of amides is 3. The number of urea groups is 1. The van der Waals surface area contributed by atoms with Crippen molar-refractivity contribution < 1.29 is 9.59 Å². The predicted molar refractivity (Wildman–Crippen MR) is 103 cm³/mol. The molecule has 3 amide bonds. The molecule has 6 nitrogen and oxygen atoms in total. The summed E-state index contributed by atoms with van der Waals surface area (Å²) < 4.78 is 0. The second-order valence-corrected chi connectivity index (χ2v) is 6.48. The molecule has 1 aromatic rings. The number of nitrogens with one attached hydrogen (secondary N) is 2. The molecule has 0 aliphatic carbocycles. The Hall–Kier alpha value is -1.79. The summed E-state index contributed by atoms with van der Waals surface area (Å²) in [5.41, 5.74) is 6.80. The minimum absolute atomic E-state index is 0. The molecular formula is C18H29ClN4O2. The topological polar surface area (TPSA) is 87.5 Å². The zero-order valence-electron chi connectivity index (χ0n) is 14.9. The number of nitrogens with two attached hydrogens (primary N) is 1. The van der Waals surface area contributed by atoms with Crippen LogP contribution in [0, 0.1) is 5.92 Å². The fourth-order valence-corrected chi connectivity index (χ4v) is 2.83. The van der Waals surface area contributed by atoms with Crippen LogP contribution in [-0.2, 0) is 4.79 Å². The fraction of sp³-hybridized carbons (Fsp3) is 0.556. The number of hydrogen-bond donors (Lipinski definition) is 3. The molecule has 0 radical (unpaired) electrons. The van der Waals surface area contributed by atoms with Gasteiger partial charge in [0.25, 0.3) is 0 Å². The Labute approximate surface area is 155 Å². The Morgan fingerprint density at radius 2 is 1.84 bits per heavy atom. The summed E-state index contributed by atoms with van der Waals surface area (Å²) in [6.07, 6.45) is 2.40. The molecule has 1 saturated heterocycles. The van der Waals surface area contributed by atoms with Gasteiger partial charge in [0, 0.05) is 24.8 Å². The minimum atomic E-state index is -0.430. The first kappa shape index (κ1) is 21.3. The summed E-state index contributed by atoms with van der Waals surface area (Å²) in [6, 6.07) is 8.79. The van der Waals surface area contributed by atoms with Gasteiger partial charge in [0.2, 0.25) is 5.91 Å². The molecule has 140 valence electrons. The third-order valence-electron chi connectivity index (χ3n) is 4.72. The van der Waals surface area contributed by atoms with Gasteiger partial charge in [-0.2, -0.15) is 0 Å². The van der Waals surface area contributed by atoms with Gasteiger partial charge in [-0.3, -0.25) is 4.79 Å². The van der Waals surface area contributed by atoms with Crippen LogP contribution in [0.25, 0.3) is 0 Å². The molecule has 7 heteroatoms. The molecule has 0 aromatic heterocycles. The molecule has 1 aliphatic rings. The zero-order chi connectivity index (χ0) is 17.5. The molecule has 1 heterocycles. The molecule has 0 bridgehead atoms. The first-order valence-corrected chi connectivity index (χ1v) is 8.68. The smallest absolute Gasteiger partial charge is 0.319 e. The second kappa shape index (κ2) is 10.3. The van der Waals surface area contributed by atoms with Crippen molar-refractivity contribution in [3.05, 3.63) is 30.3 Å². The monoisotopic (exact) mass is 368 g/mol. The Morgan fingerprint density at radius 3 is 2.40 bits per heavy atom. The molecule has 0 saturated carbocycles. The van der Waals surface area contributed by atoms with E-state index in [1.54, 1.807) is 0 Å². The van der Waals surface area contributed by atoms with Crippen molar-refractivity contribution in [2.24, 2.45) is 11.7 Å². The molecule has 4 N–H and O–H groups in total. The van der Waals surface area contributed by atoms with Gasteiger partial charge in [-0.05, 0) is 30.9 Å². The van der Waals surface area contributed by atoms with Crippen LogP contribution in [0.5, 0.6) is 0 Å². The molecule has 0 spiro atoms. The summed E-state index contributed by atoms with van der Waals surface area (Å²) in [4.78, 5) is 26.2. The number of para-hydroxylation sites is 1. The predicted octanol–water partition coefficient (Wildman–Crippen LogP) is 2.59. The number of likely N-dealkylation sites (tertiary alicyclic amines) is 1. The van der Waals surface area contributed by atoms with E-state index in [0.717, 1.165) is 24.9 Å². The van der Waals surface area contributed by atoms with Crippen molar-refractivity contribution in [3.8, 4) is 0 Å². The van der Waals surface area contributed by atoms with Gasteiger partial charge in [0.05, 0.1) is 6.04 Å². The minimum Gasteiger partial charge on any atom is -0.341 e. The molecular weight excluding hydrogens is 340 g/mol.